The summed E-state index contributed by atoms with van der Waals surface area (Å²) in [5.74, 6) is 0.567. The average molecular weight is 287 g/mol. The average Bonchev–Trinajstić information content (AvgIpc) is 3.24. The van der Waals surface area contributed by atoms with Gasteiger partial charge in [0.1, 0.15) is 4.21 Å². The van der Waals surface area contributed by atoms with E-state index in [4.69, 9.17) is 5.11 Å². The van der Waals surface area contributed by atoms with Crippen LogP contribution in [0.15, 0.2) is 15.7 Å². The van der Waals surface area contributed by atoms with Gasteiger partial charge in [0.25, 0.3) is 10.0 Å². The van der Waals surface area contributed by atoms with Crippen molar-refractivity contribution < 1.29 is 13.5 Å². The van der Waals surface area contributed by atoms with E-state index in [1.165, 1.54) is 11.3 Å². The largest absolute Gasteiger partial charge is 0.392 e. The maximum absolute atomic E-state index is 12.6. The van der Waals surface area contributed by atoms with E-state index in [9.17, 15) is 8.42 Å². The summed E-state index contributed by atoms with van der Waals surface area (Å²) in [5.41, 5.74) is 0.681. The Hall–Kier alpha value is -0.430. The lowest BCUT2D eigenvalue weighted by Gasteiger charge is -2.20. The molecule has 2 fully saturated rings. The van der Waals surface area contributed by atoms with E-state index in [2.05, 4.69) is 0 Å². The Balaban J connectivity index is 1.85. The van der Waals surface area contributed by atoms with E-state index in [-0.39, 0.29) is 12.6 Å². The number of nitrogens with zero attached hydrogens (tertiary/aromatic N) is 1. The van der Waals surface area contributed by atoms with E-state index in [1.807, 2.05) is 0 Å². The minimum atomic E-state index is -3.34. The molecule has 0 spiro atoms. The summed E-state index contributed by atoms with van der Waals surface area (Å²) in [7, 11) is -3.34. The zero-order valence-electron chi connectivity index (χ0n) is 10.1. The quantitative estimate of drug-likeness (QED) is 0.868. The van der Waals surface area contributed by atoms with Crippen LogP contribution in [0.2, 0.25) is 0 Å². The molecular weight excluding hydrogens is 270 g/mol. The van der Waals surface area contributed by atoms with Crippen molar-refractivity contribution in [2.75, 3.05) is 6.54 Å². The van der Waals surface area contributed by atoms with Gasteiger partial charge < -0.3 is 5.11 Å². The summed E-state index contributed by atoms with van der Waals surface area (Å²) in [6, 6.07) is 1.82. The van der Waals surface area contributed by atoms with Crippen LogP contribution < -0.4 is 0 Å². The zero-order valence-corrected chi connectivity index (χ0v) is 11.7. The van der Waals surface area contributed by atoms with Gasteiger partial charge in [-0.2, -0.15) is 4.31 Å². The number of aliphatic hydroxyl groups excluding tert-OH is 1. The van der Waals surface area contributed by atoms with Crippen molar-refractivity contribution in [3.63, 3.8) is 0 Å². The van der Waals surface area contributed by atoms with Crippen LogP contribution in [0.5, 0.6) is 0 Å². The second kappa shape index (κ2) is 4.59. The summed E-state index contributed by atoms with van der Waals surface area (Å²) >= 11 is 1.21. The van der Waals surface area contributed by atoms with Gasteiger partial charge in [-0.15, -0.1) is 11.3 Å². The minimum absolute atomic E-state index is 0.0991. The summed E-state index contributed by atoms with van der Waals surface area (Å²) in [5, 5.41) is 10.7. The van der Waals surface area contributed by atoms with Crippen LogP contribution in [0.3, 0.4) is 0 Å². The lowest BCUT2D eigenvalue weighted by molar-refractivity contribution is 0.282. The molecule has 0 amide bonds. The van der Waals surface area contributed by atoms with E-state index in [0.29, 0.717) is 22.2 Å². The summed E-state index contributed by atoms with van der Waals surface area (Å²) in [4.78, 5) is 0. The van der Waals surface area contributed by atoms with Gasteiger partial charge >= 0.3 is 0 Å². The third kappa shape index (κ3) is 2.47. The number of aliphatic hydroxyl groups is 1. The van der Waals surface area contributed by atoms with Crippen molar-refractivity contribution in [3.8, 4) is 0 Å². The van der Waals surface area contributed by atoms with Crippen molar-refractivity contribution in [2.45, 2.75) is 42.5 Å². The van der Waals surface area contributed by atoms with Crippen LogP contribution in [-0.2, 0) is 16.6 Å². The predicted octanol–water partition coefficient (Wildman–Crippen LogP) is 1.80. The number of sulfonamides is 1. The first-order chi connectivity index (χ1) is 8.61. The predicted molar refractivity (Wildman–Crippen MR) is 69.9 cm³/mol. The molecule has 1 heterocycles. The Labute approximate surface area is 111 Å². The first-order valence-electron chi connectivity index (χ1n) is 6.31. The normalized spacial score (nSPS) is 20.6. The molecule has 100 valence electrons. The molecule has 0 saturated heterocycles. The summed E-state index contributed by atoms with van der Waals surface area (Å²) in [6.07, 6.45) is 4.30. The van der Waals surface area contributed by atoms with E-state index < -0.39 is 10.0 Å². The highest BCUT2D eigenvalue weighted by atomic mass is 32.2. The fraction of sp³-hybridized carbons (Fsp3) is 0.667. The van der Waals surface area contributed by atoms with Crippen LogP contribution in [-0.4, -0.2) is 30.4 Å². The molecule has 0 aliphatic heterocycles. The molecule has 0 aromatic carbocycles. The van der Waals surface area contributed by atoms with Crippen LogP contribution >= 0.6 is 11.3 Å². The number of rotatable bonds is 6. The summed E-state index contributed by atoms with van der Waals surface area (Å²) < 4.78 is 27.2. The lowest BCUT2D eigenvalue weighted by Crippen LogP contribution is -2.34. The van der Waals surface area contributed by atoms with Crippen molar-refractivity contribution in [2.24, 2.45) is 5.92 Å². The molecule has 2 aliphatic carbocycles. The molecular formula is C12H17NO3S2. The smallest absolute Gasteiger partial charge is 0.252 e. The number of thiophene rings is 1. The second-order valence-corrected chi connectivity index (χ2v) is 8.21. The van der Waals surface area contributed by atoms with Gasteiger partial charge in [-0.3, -0.25) is 0 Å². The first-order valence-corrected chi connectivity index (χ1v) is 8.63. The molecule has 2 saturated carbocycles. The Morgan fingerprint density at radius 2 is 2.06 bits per heavy atom. The van der Waals surface area contributed by atoms with Gasteiger partial charge in [0.15, 0.2) is 0 Å². The monoisotopic (exact) mass is 287 g/mol. The highest BCUT2D eigenvalue weighted by Crippen LogP contribution is 2.39. The topological polar surface area (TPSA) is 57.6 Å². The molecule has 3 rings (SSSR count). The minimum Gasteiger partial charge on any atom is -0.392 e. The molecule has 1 aromatic heterocycles. The Morgan fingerprint density at radius 1 is 1.33 bits per heavy atom. The maximum atomic E-state index is 12.6. The molecule has 1 aromatic rings. The molecule has 4 nitrogen and oxygen atoms in total. The number of hydrogen-bond acceptors (Lipinski definition) is 4. The molecule has 6 heteroatoms. The fourth-order valence-electron chi connectivity index (χ4n) is 2.05. The second-order valence-electron chi connectivity index (χ2n) is 5.18. The first kappa shape index (κ1) is 12.6. The van der Waals surface area contributed by atoms with Gasteiger partial charge in [0, 0.05) is 12.6 Å². The standard InChI is InChI=1S/C12H17NO3S2/c14-7-10-5-12(17-8-10)18(15,16)13(11-3-4-11)6-9-1-2-9/h5,8-9,11,14H,1-4,6-7H2. The van der Waals surface area contributed by atoms with E-state index in [0.717, 1.165) is 25.7 Å². The van der Waals surface area contributed by atoms with Gasteiger partial charge in [0.05, 0.1) is 6.61 Å². The van der Waals surface area contributed by atoms with Crippen molar-refractivity contribution in [1.29, 1.82) is 0 Å². The Morgan fingerprint density at radius 3 is 2.56 bits per heavy atom. The van der Waals surface area contributed by atoms with Crippen LogP contribution in [0.4, 0.5) is 0 Å². The van der Waals surface area contributed by atoms with Crippen LogP contribution in [0, 0.1) is 5.92 Å². The van der Waals surface area contributed by atoms with Gasteiger partial charge in [-0.1, -0.05) is 0 Å². The molecule has 2 aliphatic rings. The molecule has 1 N–H and O–H groups in total. The molecule has 0 unspecified atom stereocenters. The SMILES string of the molecule is O=S(=O)(c1cc(CO)cs1)N(CC1CC1)C1CC1. The molecule has 0 atom stereocenters. The van der Waals surface area contributed by atoms with Gasteiger partial charge in [-0.25, -0.2) is 8.42 Å². The third-order valence-corrected chi connectivity index (χ3v) is 6.85. The highest BCUT2D eigenvalue weighted by Gasteiger charge is 2.41. The molecule has 0 radical (unpaired) electrons. The van der Waals surface area contributed by atoms with Gasteiger partial charge in [0.2, 0.25) is 0 Å². The van der Waals surface area contributed by atoms with Gasteiger partial charge in [-0.05, 0) is 48.6 Å². The number of hydrogen-bond donors (Lipinski definition) is 1. The Kier molecular flexibility index (Phi) is 3.21. The van der Waals surface area contributed by atoms with E-state index in [1.54, 1.807) is 15.8 Å². The van der Waals surface area contributed by atoms with E-state index >= 15 is 0 Å². The third-order valence-electron chi connectivity index (χ3n) is 3.46. The van der Waals surface area contributed by atoms with Crippen molar-refractivity contribution >= 4 is 21.4 Å². The van der Waals surface area contributed by atoms with Crippen molar-refractivity contribution in [1.82, 2.24) is 4.31 Å². The molecule has 18 heavy (non-hydrogen) atoms. The zero-order chi connectivity index (χ0) is 12.8. The lowest BCUT2D eigenvalue weighted by atomic mass is 10.4. The Bertz CT molecular complexity index is 529. The van der Waals surface area contributed by atoms with Crippen LogP contribution in [0.1, 0.15) is 31.2 Å². The van der Waals surface area contributed by atoms with Crippen LogP contribution in [0.25, 0.3) is 0 Å². The summed E-state index contributed by atoms with van der Waals surface area (Å²) in [6.45, 7) is 0.581. The molecule has 0 bridgehead atoms. The fourth-order valence-corrected chi connectivity index (χ4v) is 5.14. The maximum Gasteiger partial charge on any atom is 0.252 e. The highest BCUT2D eigenvalue weighted by molar-refractivity contribution is 7.91. The van der Waals surface area contributed by atoms with Crippen molar-refractivity contribution in [3.05, 3.63) is 17.0 Å².